The number of fused-ring (bicyclic) bond motifs is 3. The first-order valence-corrected chi connectivity index (χ1v) is 16.5. The number of nitrogens with zero attached hydrogens (tertiary/aromatic N) is 1. The predicted molar refractivity (Wildman–Crippen MR) is 174 cm³/mol. The molecule has 0 bridgehead atoms. The summed E-state index contributed by atoms with van der Waals surface area (Å²) in [5.74, 6) is 1.92. The second kappa shape index (κ2) is 12.5. The quantitative estimate of drug-likeness (QED) is 0.194. The third-order valence-corrected chi connectivity index (χ3v) is 10.9. The summed E-state index contributed by atoms with van der Waals surface area (Å²) in [5, 5.41) is 4.14. The number of methoxy groups -OCH3 is 1. The van der Waals surface area contributed by atoms with Crippen LogP contribution in [0.2, 0.25) is 5.02 Å². The molecule has 3 aliphatic rings. The van der Waals surface area contributed by atoms with Crippen LogP contribution in [-0.2, 0) is 27.8 Å². The van der Waals surface area contributed by atoms with Crippen LogP contribution in [0.1, 0.15) is 97.5 Å². The molecule has 0 amide bonds. The van der Waals surface area contributed by atoms with E-state index in [0.29, 0.717) is 47.8 Å². The van der Waals surface area contributed by atoms with Gasteiger partial charge >= 0.3 is 5.97 Å². The van der Waals surface area contributed by atoms with E-state index in [2.05, 4.69) is 36.3 Å². The van der Waals surface area contributed by atoms with Gasteiger partial charge in [0.15, 0.2) is 0 Å². The first kappa shape index (κ1) is 30.6. The van der Waals surface area contributed by atoms with E-state index in [1.54, 1.807) is 0 Å². The lowest BCUT2D eigenvalue weighted by Crippen LogP contribution is -2.53. The molecule has 6 rings (SSSR count). The zero-order chi connectivity index (χ0) is 30.9. The van der Waals surface area contributed by atoms with E-state index in [-0.39, 0.29) is 11.4 Å². The highest BCUT2D eigenvalue weighted by molar-refractivity contribution is 6.30. The summed E-state index contributed by atoms with van der Waals surface area (Å²) in [7, 11) is 1.46. The molecule has 6 nitrogen and oxygen atoms in total. The minimum atomic E-state index is -0.841. The SMILES string of the molecule is COC(=O)C1(Nc2cccc(Cl)c2)CCC2(CC1)c1cc(C=O)ccc1C[C@H]2C[C@@H](C)COc1ccnc2c1[C@H](C)CCC2. The normalized spacial score (nSPS) is 26.4. The van der Waals surface area contributed by atoms with Crippen LogP contribution >= 0.6 is 11.6 Å². The highest BCUT2D eigenvalue weighted by Crippen LogP contribution is 2.56. The average Bonchev–Trinajstić information content (AvgIpc) is 3.32. The number of hydrogen-bond acceptors (Lipinski definition) is 6. The fraction of sp³-hybridized carbons (Fsp3) is 0.486. The molecule has 1 spiro atoms. The molecule has 0 radical (unpaired) electrons. The van der Waals surface area contributed by atoms with E-state index in [4.69, 9.17) is 21.1 Å². The summed E-state index contributed by atoms with van der Waals surface area (Å²) < 4.78 is 11.9. The van der Waals surface area contributed by atoms with Crippen LogP contribution in [0.3, 0.4) is 0 Å². The van der Waals surface area contributed by atoms with Crippen LogP contribution in [0.4, 0.5) is 5.69 Å². The van der Waals surface area contributed by atoms with Crippen molar-refractivity contribution in [3.8, 4) is 5.75 Å². The van der Waals surface area contributed by atoms with Crippen LogP contribution in [0.5, 0.6) is 5.75 Å². The standard InChI is InChI=1S/C37H43ClN2O4/c1-24(23-44-33-12-17-39-32-9-4-6-25(2)34(32)33)18-28-20-27-11-10-26(22-41)19-31(27)36(28)13-15-37(16-14-36,35(42)43-3)40-30-8-5-7-29(38)21-30/h5,7-8,10-12,17,19,21-22,24-25,28,40H,4,6,9,13-16,18,20,23H2,1-3H3/t24-,25-,28-,36?,37?/m1/s1. The number of ether oxygens (including phenoxy) is 2. The molecule has 3 aliphatic carbocycles. The number of esters is 1. The van der Waals surface area contributed by atoms with E-state index >= 15 is 0 Å². The third kappa shape index (κ3) is 5.74. The first-order chi connectivity index (χ1) is 21.3. The molecule has 3 atom stereocenters. The Labute approximate surface area is 265 Å². The lowest BCUT2D eigenvalue weighted by molar-refractivity contribution is -0.148. The number of hydrogen-bond donors (Lipinski definition) is 1. The molecule has 1 aromatic heterocycles. The van der Waals surface area contributed by atoms with Crippen molar-refractivity contribution in [2.75, 3.05) is 19.0 Å². The van der Waals surface area contributed by atoms with E-state index in [1.807, 2.05) is 42.6 Å². The Hall–Kier alpha value is -3.38. The largest absolute Gasteiger partial charge is 0.493 e. The van der Waals surface area contributed by atoms with Crippen LogP contribution in [0.15, 0.2) is 54.7 Å². The third-order valence-electron chi connectivity index (χ3n) is 10.6. The molecule has 1 fully saturated rings. The second-order valence-electron chi connectivity index (χ2n) is 13.4. The lowest BCUT2D eigenvalue weighted by Gasteiger charge is -2.47. The molecule has 0 unspecified atom stereocenters. The second-order valence-corrected chi connectivity index (χ2v) is 13.9. The minimum Gasteiger partial charge on any atom is -0.493 e. The molecule has 3 aromatic rings. The van der Waals surface area contributed by atoms with E-state index in [9.17, 15) is 9.59 Å². The Morgan fingerprint density at radius 3 is 2.73 bits per heavy atom. The maximum Gasteiger partial charge on any atom is 0.331 e. The Morgan fingerprint density at radius 2 is 1.98 bits per heavy atom. The van der Waals surface area contributed by atoms with Gasteiger partial charge in [-0.2, -0.15) is 0 Å². The zero-order valence-electron chi connectivity index (χ0n) is 26.0. The molecule has 0 saturated heterocycles. The zero-order valence-corrected chi connectivity index (χ0v) is 26.8. The molecular formula is C37H43ClN2O4. The summed E-state index contributed by atoms with van der Waals surface area (Å²) in [4.78, 5) is 29.8. The topological polar surface area (TPSA) is 77.5 Å². The molecule has 1 saturated carbocycles. The van der Waals surface area contributed by atoms with E-state index in [0.717, 1.165) is 49.8 Å². The summed E-state index contributed by atoms with van der Waals surface area (Å²) in [5.41, 5.74) is 5.62. The van der Waals surface area contributed by atoms with Crippen LogP contribution in [0.25, 0.3) is 0 Å². The highest BCUT2D eigenvalue weighted by atomic mass is 35.5. The predicted octanol–water partition coefficient (Wildman–Crippen LogP) is 8.10. The van der Waals surface area contributed by atoms with Crippen LogP contribution in [0, 0.1) is 11.8 Å². The number of pyridine rings is 1. The minimum absolute atomic E-state index is 0.125. The van der Waals surface area contributed by atoms with Crippen molar-refractivity contribution in [3.63, 3.8) is 0 Å². The van der Waals surface area contributed by atoms with E-state index in [1.165, 1.54) is 42.3 Å². The fourth-order valence-corrected chi connectivity index (χ4v) is 8.56. The number of carbonyl (C=O) groups is 2. The summed E-state index contributed by atoms with van der Waals surface area (Å²) in [6.45, 7) is 5.21. The number of rotatable bonds is 9. The number of anilines is 1. The van der Waals surface area contributed by atoms with Crippen molar-refractivity contribution in [3.05, 3.63) is 87.7 Å². The number of aromatic nitrogens is 1. The Bertz CT molecular complexity index is 1530. The van der Waals surface area contributed by atoms with Gasteiger partial charge in [-0.1, -0.05) is 43.6 Å². The van der Waals surface area contributed by atoms with Gasteiger partial charge in [0.1, 0.15) is 17.6 Å². The first-order valence-electron chi connectivity index (χ1n) is 16.1. The Balaban J connectivity index is 1.24. The highest BCUT2D eigenvalue weighted by Gasteiger charge is 2.54. The average molecular weight is 615 g/mol. The van der Waals surface area contributed by atoms with Crippen molar-refractivity contribution in [1.29, 1.82) is 0 Å². The number of nitrogens with one attached hydrogen (secondary N) is 1. The monoisotopic (exact) mass is 614 g/mol. The van der Waals surface area contributed by atoms with Crippen molar-refractivity contribution in [2.45, 2.75) is 88.5 Å². The van der Waals surface area contributed by atoms with Gasteiger partial charge in [0, 0.05) is 33.7 Å². The van der Waals surface area contributed by atoms with Gasteiger partial charge in [-0.3, -0.25) is 9.78 Å². The van der Waals surface area contributed by atoms with Crippen LogP contribution < -0.4 is 10.1 Å². The maximum atomic E-state index is 13.3. The van der Waals surface area contributed by atoms with Gasteiger partial charge in [-0.15, -0.1) is 0 Å². The van der Waals surface area contributed by atoms with Crippen molar-refractivity contribution < 1.29 is 19.1 Å². The van der Waals surface area contributed by atoms with Crippen molar-refractivity contribution in [1.82, 2.24) is 4.98 Å². The molecular weight excluding hydrogens is 572 g/mol. The molecule has 1 heterocycles. The summed E-state index contributed by atoms with van der Waals surface area (Å²) >= 11 is 6.28. The summed E-state index contributed by atoms with van der Waals surface area (Å²) in [6.07, 6.45) is 11.1. The van der Waals surface area contributed by atoms with Crippen LogP contribution in [-0.4, -0.2) is 36.5 Å². The number of benzene rings is 2. The Morgan fingerprint density at radius 1 is 1.16 bits per heavy atom. The maximum absolute atomic E-state index is 13.3. The van der Waals surface area contributed by atoms with Gasteiger partial charge < -0.3 is 14.8 Å². The number of aryl methyl sites for hydroxylation is 1. The van der Waals surface area contributed by atoms with Gasteiger partial charge in [-0.25, -0.2) is 4.79 Å². The number of aldehydes is 1. The van der Waals surface area contributed by atoms with Crippen molar-refractivity contribution in [2.24, 2.45) is 11.8 Å². The fourth-order valence-electron chi connectivity index (χ4n) is 8.37. The molecule has 0 aliphatic heterocycles. The van der Waals surface area contributed by atoms with E-state index < -0.39 is 5.54 Å². The molecule has 2 aromatic carbocycles. The number of halogens is 1. The van der Waals surface area contributed by atoms with Crippen molar-refractivity contribution >= 4 is 29.5 Å². The summed E-state index contributed by atoms with van der Waals surface area (Å²) in [6, 6.07) is 15.7. The van der Waals surface area contributed by atoms with Gasteiger partial charge in [-0.05, 0) is 122 Å². The molecule has 7 heteroatoms. The number of carbonyl (C=O) groups excluding carboxylic acids is 2. The van der Waals surface area contributed by atoms with Gasteiger partial charge in [0.05, 0.1) is 13.7 Å². The lowest BCUT2D eigenvalue weighted by atomic mass is 9.59. The Kier molecular flexibility index (Phi) is 8.74. The van der Waals surface area contributed by atoms with Gasteiger partial charge in [0.2, 0.25) is 0 Å². The molecule has 232 valence electrons. The smallest absolute Gasteiger partial charge is 0.331 e. The van der Waals surface area contributed by atoms with Gasteiger partial charge in [0.25, 0.3) is 0 Å². The molecule has 1 N–H and O–H groups in total. The molecule has 44 heavy (non-hydrogen) atoms.